The summed E-state index contributed by atoms with van der Waals surface area (Å²) in [5.74, 6) is -1.38. The molecule has 2 atom stereocenters. The third-order valence-electron chi connectivity index (χ3n) is 4.80. The van der Waals surface area contributed by atoms with E-state index in [9.17, 15) is 14.0 Å². The van der Waals surface area contributed by atoms with Crippen LogP contribution in [0.3, 0.4) is 0 Å². The van der Waals surface area contributed by atoms with E-state index in [4.69, 9.17) is 11.6 Å². The summed E-state index contributed by atoms with van der Waals surface area (Å²) in [6.07, 6.45) is 5.43. The van der Waals surface area contributed by atoms with Crippen LogP contribution < -0.4 is 5.43 Å². The van der Waals surface area contributed by atoms with Gasteiger partial charge in [0.1, 0.15) is 11.4 Å². The standard InChI is InChI=1S/C20H23ClFN3O2/c1-2-3-4-5-6-11-16(26)24-25-18(17(21)20(25)27)14-12-13-9-7-8-10-15(13)23-19(14)22/h7-10,12,17-18H,2-6,11H2,1H3,(H,24,26)/t17-,18-/m0/s1. The van der Waals surface area contributed by atoms with Crippen molar-refractivity contribution in [3.05, 3.63) is 41.8 Å². The van der Waals surface area contributed by atoms with Crippen molar-refractivity contribution < 1.29 is 14.0 Å². The van der Waals surface area contributed by atoms with E-state index in [0.29, 0.717) is 11.9 Å². The average molecular weight is 392 g/mol. The molecule has 7 heteroatoms. The second-order valence-electron chi connectivity index (χ2n) is 6.82. The topological polar surface area (TPSA) is 62.3 Å². The molecular weight excluding hydrogens is 369 g/mol. The van der Waals surface area contributed by atoms with Crippen LogP contribution in [0.2, 0.25) is 0 Å². The number of halogens is 2. The summed E-state index contributed by atoms with van der Waals surface area (Å²) in [7, 11) is 0. The molecule has 1 aromatic heterocycles. The molecule has 0 saturated carbocycles. The second kappa shape index (κ2) is 8.65. The van der Waals surface area contributed by atoms with E-state index < -0.39 is 23.3 Å². The Kier molecular flexibility index (Phi) is 6.26. The predicted molar refractivity (Wildman–Crippen MR) is 102 cm³/mol. The van der Waals surface area contributed by atoms with Crippen LogP contribution in [0.15, 0.2) is 30.3 Å². The first-order valence-electron chi connectivity index (χ1n) is 9.34. The van der Waals surface area contributed by atoms with Gasteiger partial charge in [0, 0.05) is 17.4 Å². The van der Waals surface area contributed by atoms with Gasteiger partial charge in [0.05, 0.1) is 5.52 Å². The van der Waals surface area contributed by atoms with Crippen LogP contribution >= 0.6 is 11.6 Å². The van der Waals surface area contributed by atoms with Crippen molar-refractivity contribution in [3.63, 3.8) is 0 Å². The van der Waals surface area contributed by atoms with Gasteiger partial charge in [-0.25, -0.2) is 9.99 Å². The molecular formula is C20H23ClFN3O2. The summed E-state index contributed by atoms with van der Waals surface area (Å²) in [6.45, 7) is 2.13. The lowest BCUT2D eigenvalue weighted by Gasteiger charge is -2.43. The van der Waals surface area contributed by atoms with Gasteiger partial charge >= 0.3 is 0 Å². The number of unbranched alkanes of at least 4 members (excludes halogenated alkanes) is 4. The molecule has 0 unspecified atom stereocenters. The zero-order valence-electron chi connectivity index (χ0n) is 15.3. The molecule has 1 aromatic carbocycles. The molecule has 2 heterocycles. The van der Waals surface area contributed by atoms with Crippen molar-refractivity contribution in [2.45, 2.75) is 56.9 Å². The number of fused-ring (bicyclic) bond motifs is 1. The highest BCUT2D eigenvalue weighted by Gasteiger charge is 2.49. The summed E-state index contributed by atoms with van der Waals surface area (Å²) in [5, 5.41) is 0.951. The lowest BCUT2D eigenvalue weighted by molar-refractivity contribution is -0.156. The number of carbonyl (C=O) groups is 2. The summed E-state index contributed by atoms with van der Waals surface area (Å²) in [5.41, 5.74) is 3.31. The fourth-order valence-corrected chi connectivity index (χ4v) is 3.62. The molecule has 2 aromatic rings. The molecule has 1 aliphatic rings. The van der Waals surface area contributed by atoms with E-state index in [1.54, 1.807) is 18.2 Å². The number of para-hydroxylation sites is 1. The van der Waals surface area contributed by atoms with Crippen LogP contribution in [0, 0.1) is 5.95 Å². The third kappa shape index (κ3) is 4.21. The highest BCUT2D eigenvalue weighted by Crippen LogP contribution is 2.38. The second-order valence-corrected chi connectivity index (χ2v) is 7.29. The number of hydrogen-bond acceptors (Lipinski definition) is 3. The summed E-state index contributed by atoms with van der Waals surface area (Å²) in [4.78, 5) is 28.2. The van der Waals surface area contributed by atoms with Crippen molar-refractivity contribution in [3.8, 4) is 0 Å². The molecule has 0 aliphatic carbocycles. The number of rotatable bonds is 8. The average Bonchev–Trinajstić information content (AvgIpc) is 2.67. The number of amides is 2. The predicted octanol–water partition coefficient (Wildman–Crippen LogP) is 4.26. The van der Waals surface area contributed by atoms with E-state index in [1.165, 1.54) is 0 Å². The molecule has 3 rings (SSSR count). The molecule has 2 amide bonds. The fourth-order valence-electron chi connectivity index (χ4n) is 3.27. The normalized spacial score (nSPS) is 19.2. The Morgan fingerprint density at radius 1 is 1.26 bits per heavy atom. The number of nitrogens with zero attached hydrogens (tertiary/aromatic N) is 2. The van der Waals surface area contributed by atoms with Gasteiger partial charge in [0.15, 0.2) is 0 Å². The van der Waals surface area contributed by atoms with E-state index in [1.807, 2.05) is 12.1 Å². The van der Waals surface area contributed by atoms with Gasteiger partial charge in [-0.15, -0.1) is 11.6 Å². The molecule has 5 nitrogen and oxygen atoms in total. The molecule has 1 aliphatic heterocycles. The molecule has 144 valence electrons. The maximum atomic E-state index is 14.5. The van der Waals surface area contributed by atoms with E-state index >= 15 is 0 Å². The van der Waals surface area contributed by atoms with Gasteiger partial charge in [0.2, 0.25) is 11.9 Å². The van der Waals surface area contributed by atoms with Gasteiger partial charge in [-0.1, -0.05) is 50.8 Å². The Morgan fingerprint density at radius 3 is 2.78 bits per heavy atom. The monoisotopic (exact) mass is 391 g/mol. The summed E-state index contributed by atoms with van der Waals surface area (Å²) < 4.78 is 14.5. The Morgan fingerprint density at radius 2 is 2.00 bits per heavy atom. The Bertz CT molecular complexity index is 845. The van der Waals surface area contributed by atoms with Crippen molar-refractivity contribution in [1.82, 2.24) is 15.4 Å². The van der Waals surface area contributed by atoms with Gasteiger partial charge in [-0.3, -0.25) is 15.0 Å². The number of pyridine rings is 1. The van der Waals surface area contributed by atoms with Gasteiger partial charge in [0.25, 0.3) is 5.91 Å². The first-order valence-corrected chi connectivity index (χ1v) is 9.78. The molecule has 1 saturated heterocycles. The van der Waals surface area contributed by atoms with Gasteiger partial charge in [-0.05, 0) is 18.6 Å². The number of alkyl halides is 1. The highest BCUT2D eigenvalue weighted by atomic mass is 35.5. The minimum absolute atomic E-state index is 0.205. The Balaban J connectivity index is 1.69. The summed E-state index contributed by atoms with van der Waals surface area (Å²) in [6, 6.07) is 8.00. The molecule has 0 radical (unpaired) electrons. The number of carbonyl (C=O) groups excluding carboxylic acids is 2. The maximum Gasteiger partial charge on any atom is 0.262 e. The molecule has 27 heavy (non-hydrogen) atoms. The minimum Gasteiger partial charge on any atom is -0.273 e. The van der Waals surface area contributed by atoms with Crippen molar-refractivity contribution in [2.75, 3.05) is 0 Å². The Hall–Kier alpha value is -2.21. The van der Waals surface area contributed by atoms with Crippen molar-refractivity contribution in [1.29, 1.82) is 0 Å². The number of β-lactam (4-membered cyclic amide) rings is 1. The van der Waals surface area contributed by atoms with E-state index in [-0.39, 0.29) is 11.5 Å². The number of hydrazine groups is 1. The SMILES string of the molecule is CCCCCCCC(=O)NN1C(=O)[C@@H](Cl)[C@@H]1c1cc2ccccc2nc1F. The third-order valence-corrected chi connectivity index (χ3v) is 5.23. The first-order chi connectivity index (χ1) is 13.0. The van der Waals surface area contributed by atoms with Crippen LogP contribution in [0.1, 0.15) is 57.1 Å². The molecule has 0 spiro atoms. The van der Waals surface area contributed by atoms with Gasteiger partial charge in [-0.2, -0.15) is 4.39 Å². The maximum absolute atomic E-state index is 14.5. The van der Waals surface area contributed by atoms with Crippen LogP contribution in [-0.2, 0) is 9.59 Å². The molecule has 0 bridgehead atoms. The van der Waals surface area contributed by atoms with Crippen molar-refractivity contribution >= 4 is 34.3 Å². The molecule has 1 N–H and O–H groups in total. The number of nitrogens with one attached hydrogen (secondary N) is 1. The van der Waals surface area contributed by atoms with Gasteiger partial charge < -0.3 is 0 Å². The van der Waals surface area contributed by atoms with E-state index in [2.05, 4.69) is 17.3 Å². The Labute approximate surface area is 162 Å². The zero-order chi connectivity index (χ0) is 19.4. The number of aromatic nitrogens is 1. The highest BCUT2D eigenvalue weighted by molar-refractivity contribution is 6.33. The van der Waals surface area contributed by atoms with Crippen LogP contribution in [0.25, 0.3) is 10.9 Å². The minimum atomic E-state index is -0.924. The van der Waals surface area contributed by atoms with E-state index in [0.717, 1.165) is 42.5 Å². The zero-order valence-corrected chi connectivity index (χ0v) is 16.0. The smallest absolute Gasteiger partial charge is 0.262 e. The first kappa shape index (κ1) is 19.5. The summed E-state index contributed by atoms with van der Waals surface area (Å²) >= 11 is 6.13. The van der Waals surface area contributed by atoms with Crippen LogP contribution in [0.5, 0.6) is 0 Å². The van der Waals surface area contributed by atoms with Crippen LogP contribution in [0.4, 0.5) is 4.39 Å². The molecule has 1 fully saturated rings. The lowest BCUT2D eigenvalue weighted by Crippen LogP contribution is -2.63. The fraction of sp³-hybridized carbons (Fsp3) is 0.450. The van der Waals surface area contributed by atoms with Crippen LogP contribution in [-0.4, -0.2) is 27.2 Å². The lowest BCUT2D eigenvalue weighted by atomic mass is 9.95. The number of benzene rings is 1. The number of hydrogen-bond donors (Lipinski definition) is 1. The largest absolute Gasteiger partial charge is 0.273 e. The van der Waals surface area contributed by atoms with Crippen molar-refractivity contribution in [2.24, 2.45) is 0 Å². The quantitative estimate of drug-likeness (QED) is 0.316.